The summed E-state index contributed by atoms with van der Waals surface area (Å²) < 4.78 is 0. The number of hydrogen-bond donors (Lipinski definition) is 1. The van der Waals surface area contributed by atoms with Crippen molar-refractivity contribution in [3.63, 3.8) is 0 Å². The standard InChI is InChI=1S/C10H12ClN3O2/c11-12-9-7-8(13-5-1-2-6-13)3-4-10(9)14(15)16/h3-4,7,12H,1-2,5-6H2. The van der Waals surface area contributed by atoms with Crippen LogP contribution in [0.15, 0.2) is 18.2 Å². The van der Waals surface area contributed by atoms with E-state index in [9.17, 15) is 10.1 Å². The van der Waals surface area contributed by atoms with E-state index in [1.54, 1.807) is 12.1 Å². The fourth-order valence-electron chi connectivity index (χ4n) is 1.93. The van der Waals surface area contributed by atoms with Crippen molar-refractivity contribution in [2.24, 2.45) is 0 Å². The molecule has 0 aliphatic carbocycles. The minimum absolute atomic E-state index is 0.00190. The maximum absolute atomic E-state index is 10.7. The quantitative estimate of drug-likeness (QED) is 0.502. The lowest BCUT2D eigenvalue weighted by Crippen LogP contribution is -2.17. The van der Waals surface area contributed by atoms with Crippen LogP contribution in [0.3, 0.4) is 0 Å². The van der Waals surface area contributed by atoms with Crippen molar-refractivity contribution in [2.45, 2.75) is 12.8 Å². The molecule has 1 aromatic carbocycles. The van der Waals surface area contributed by atoms with Crippen molar-refractivity contribution in [1.82, 2.24) is 0 Å². The Morgan fingerprint density at radius 2 is 2.06 bits per heavy atom. The molecule has 16 heavy (non-hydrogen) atoms. The second-order valence-electron chi connectivity index (χ2n) is 3.75. The Hall–Kier alpha value is -1.49. The molecule has 0 atom stereocenters. The molecule has 86 valence electrons. The SMILES string of the molecule is O=[N+]([O-])c1ccc(N2CCCC2)cc1NCl. The van der Waals surface area contributed by atoms with Crippen molar-refractivity contribution >= 4 is 28.8 Å². The first-order valence-electron chi connectivity index (χ1n) is 5.12. The largest absolute Gasteiger partial charge is 0.371 e. The predicted molar refractivity (Wildman–Crippen MR) is 64.0 cm³/mol. The van der Waals surface area contributed by atoms with E-state index in [0.29, 0.717) is 5.69 Å². The highest BCUT2D eigenvalue weighted by molar-refractivity contribution is 6.24. The van der Waals surface area contributed by atoms with Crippen LogP contribution in [0.1, 0.15) is 12.8 Å². The zero-order valence-corrected chi connectivity index (χ0v) is 9.41. The van der Waals surface area contributed by atoms with Crippen molar-refractivity contribution in [1.29, 1.82) is 0 Å². The van der Waals surface area contributed by atoms with E-state index in [-0.39, 0.29) is 5.69 Å². The fourth-order valence-corrected chi connectivity index (χ4v) is 2.08. The van der Waals surface area contributed by atoms with Crippen molar-refractivity contribution < 1.29 is 4.92 Å². The van der Waals surface area contributed by atoms with E-state index in [0.717, 1.165) is 18.8 Å². The van der Waals surface area contributed by atoms with Crippen LogP contribution in [0, 0.1) is 10.1 Å². The first-order valence-corrected chi connectivity index (χ1v) is 5.50. The molecule has 0 spiro atoms. The molecule has 6 heteroatoms. The Balaban J connectivity index is 2.32. The average molecular weight is 242 g/mol. The summed E-state index contributed by atoms with van der Waals surface area (Å²) in [7, 11) is 0. The van der Waals surface area contributed by atoms with Crippen LogP contribution in [0.5, 0.6) is 0 Å². The third-order valence-electron chi connectivity index (χ3n) is 2.75. The number of nitro groups is 1. The van der Waals surface area contributed by atoms with Crippen molar-refractivity contribution in [3.8, 4) is 0 Å². The number of anilines is 2. The summed E-state index contributed by atoms with van der Waals surface area (Å²) in [6.07, 6.45) is 2.33. The minimum atomic E-state index is -0.446. The topological polar surface area (TPSA) is 58.4 Å². The Kier molecular flexibility index (Phi) is 3.14. The van der Waals surface area contributed by atoms with E-state index in [1.165, 1.54) is 18.9 Å². The molecule has 1 heterocycles. The van der Waals surface area contributed by atoms with Gasteiger partial charge >= 0.3 is 0 Å². The summed E-state index contributed by atoms with van der Waals surface area (Å²) in [6.45, 7) is 2.00. The van der Waals surface area contributed by atoms with Gasteiger partial charge in [0.2, 0.25) is 0 Å². The van der Waals surface area contributed by atoms with E-state index in [4.69, 9.17) is 11.8 Å². The summed E-state index contributed by atoms with van der Waals surface area (Å²) >= 11 is 5.48. The zero-order valence-electron chi connectivity index (χ0n) is 8.65. The summed E-state index contributed by atoms with van der Waals surface area (Å²) in [5.74, 6) is 0. The van der Waals surface area contributed by atoms with E-state index < -0.39 is 4.92 Å². The van der Waals surface area contributed by atoms with Gasteiger partial charge in [0.05, 0.1) is 4.92 Å². The van der Waals surface area contributed by atoms with Gasteiger partial charge < -0.3 is 4.90 Å². The van der Waals surface area contributed by atoms with Crippen LogP contribution < -0.4 is 9.74 Å². The molecular formula is C10H12ClN3O2. The second-order valence-corrected chi connectivity index (χ2v) is 3.94. The highest BCUT2D eigenvalue weighted by Crippen LogP contribution is 2.31. The van der Waals surface area contributed by atoms with Gasteiger partial charge in [0, 0.05) is 36.6 Å². The van der Waals surface area contributed by atoms with Crippen LogP contribution in [-0.2, 0) is 0 Å². The van der Waals surface area contributed by atoms with Gasteiger partial charge in [-0.3, -0.25) is 15.0 Å². The molecule has 0 aromatic heterocycles. The van der Waals surface area contributed by atoms with Gasteiger partial charge in [0.25, 0.3) is 5.69 Å². The Bertz CT molecular complexity index is 405. The normalized spacial score (nSPS) is 15.2. The molecule has 1 saturated heterocycles. The maximum atomic E-state index is 10.7. The van der Waals surface area contributed by atoms with Gasteiger partial charge in [-0.15, -0.1) is 0 Å². The number of nitrogens with one attached hydrogen (secondary N) is 1. The molecule has 0 unspecified atom stereocenters. The maximum Gasteiger partial charge on any atom is 0.293 e. The van der Waals surface area contributed by atoms with Crippen LogP contribution >= 0.6 is 11.8 Å². The molecular weight excluding hydrogens is 230 g/mol. The first-order chi connectivity index (χ1) is 7.72. The molecule has 1 aliphatic rings. The molecule has 2 rings (SSSR count). The molecule has 1 aromatic rings. The molecule has 1 N–H and O–H groups in total. The molecule has 0 radical (unpaired) electrons. The first kappa shape index (κ1) is 11.0. The number of nitrogens with zero attached hydrogens (tertiary/aromatic N) is 2. The summed E-state index contributed by atoms with van der Waals surface area (Å²) in [5.41, 5.74) is 1.32. The predicted octanol–water partition coefficient (Wildman–Crippen LogP) is 2.76. The summed E-state index contributed by atoms with van der Waals surface area (Å²) in [4.78, 5) is 14.8. The lowest BCUT2D eigenvalue weighted by atomic mass is 10.2. The minimum Gasteiger partial charge on any atom is -0.371 e. The van der Waals surface area contributed by atoms with Crippen LogP contribution in [0.25, 0.3) is 0 Å². The smallest absolute Gasteiger partial charge is 0.293 e. The third kappa shape index (κ3) is 2.04. The number of hydrogen-bond acceptors (Lipinski definition) is 4. The van der Waals surface area contributed by atoms with Crippen molar-refractivity contribution in [2.75, 3.05) is 22.8 Å². The molecule has 0 amide bonds. The lowest BCUT2D eigenvalue weighted by Gasteiger charge is -2.17. The zero-order chi connectivity index (χ0) is 11.5. The molecule has 5 nitrogen and oxygen atoms in total. The highest BCUT2D eigenvalue weighted by atomic mass is 35.5. The van der Waals surface area contributed by atoms with E-state index in [2.05, 4.69) is 9.74 Å². The van der Waals surface area contributed by atoms with Gasteiger partial charge in [-0.05, 0) is 25.0 Å². The highest BCUT2D eigenvalue weighted by Gasteiger charge is 2.17. The lowest BCUT2D eigenvalue weighted by molar-refractivity contribution is -0.383. The van der Waals surface area contributed by atoms with Gasteiger partial charge in [-0.1, -0.05) is 0 Å². The van der Waals surface area contributed by atoms with Crippen LogP contribution in [0.2, 0.25) is 0 Å². The van der Waals surface area contributed by atoms with Gasteiger partial charge in [-0.25, -0.2) is 0 Å². The number of nitro benzene ring substituents is 1. The Morgan fingerprint density at radius 3 is 2.62 bits per heavy atom. The second kappa shape index (κ2) is 4.57. The summed E-state index contributed by atoms with van der Waals surface area (Å²) in [5, 5.41) is 10.7. The monoisotopic (exact) mass is 241 g/mol. The molecule has 0 saturated carbocycles. The van der Waals surface area contributed by atoms with Gasteiger partial charge in [-0.2, -0.15) is 0 Å². The van der Waals surface area contributed by atoms with E-state index >= 15 is 0 Å². The fraction of sp³-hybridized carbons (Fsp3) is 0.400. The molecule has 1 aliphatic heterocycles. The van der Waals surface area contributed by atoms with E-state index in [1.807, 2.05) is 0 Å². The number of benzene rings is 1. The summed E-state index contributed by atoms with van der Waals surface area (Å²) in [6, 6.07) is 4.97. The van der Waals surface area contributed by atoms with Crippen LogP contribution in [-0.4, -0.2) is 18.0 Å². The molecule has 0 bridgehead atoms. The Labute approximate surface area is 98.3 Å². The van der Waals surface area contributed by atoms with Gasteiger partial charge in [0.1, 0.15) is 5.69 Å². The Morgan fingerprint density at radius 1 is 1.38 bits per heavy atom. The third-order valence-corrected chi connectivity index (χ3v) is 2.95. The average Bonchev–Trinajstić information content (AvgIpc) is 2.81. The van der Waals surface area contributed by atoms with Gasteiger partial charge in [0.15, 0.2) is 0 Å². The van der Waals surface area contributed by atoms with Crippen molar-refractivity contribution in [3.05, 3.63) is 28.3 Å². The number of rotatable bonds is 3. The molecule has 1 fully saturated rings. The van der Waals surface area contributed by atoms with Crippen LogP contribution in [0.4, 0.5) is 17.1 Å². The number of halogens is 1.